The fourth-order valence-electron chi connectivity index (χ4n) is 1.80. The summed E-state index contributed by atoms with van der Waals surface area (Å²) >= 11 is 0. The topological polar surface area (TPSA) is 41.1 Å². The third kappa shape index (κ3) is 2.20. The SMILES string of the molecule is CNNC(=O)Cc1cccc2ccccc12. The highest BCUT2D eigenvalue weighted by atomic mass is 16.2. The molecular formula is C13H14N2O. The molecule has 0 aliphatic rings. The number of carbonyl (C=O) groups excluding carboxylic acids is 1. The average Bonchev–Trinajstić information content (AvgIpc) is 2.30. The summed E-state index contributed by atoms with van der Waals surface area (Å²) in [5, 5.41) is 2.30. The molecule has 0 aromatic heterocycles. The van der Waals surface area contributed by atoms with E-state index in [9.17, 15) is 4.79 Å². The number of benzene rings is 2. The predicted molar refractivity (Wildman–Crippen MR) is 64.9 cm³/mol. The van der Waals surface area contributed by atoms with Crippen molar-refractivity contribution in [2.75, 3.05) is 7.05 Å². The van der Waals surface area contributed by atoms with Gasteiger partial charge in [0.05, 0.1) is 6.42 Å². The summed E-state index contributed by atoms with van der Waals surface area (Å²) in [5.41, 5.74) is 6.25. The highest BCUT2D eigenvalue weighted by molar-refractivity contribution is 5.90. The van der Waals surface area contributed by atoms with Gasteiger partial charge in [-0.3, -0.25) is 10.2 Å². The quantitative estimate of drug-likeness (QED) is 0.762. The molecule has 2 rings (SSSR count). The van der Waals surface area contributed by atoms with E-state index < -0.39 is 0 Å². The fraction of sp³-hybridized carbons (Fsp3) is 0.154. The van der Waals surface area contributed by atoms with E-state index in [0.29, 0.717) is 6.42 Å². The maximum atomic E-state index is 11.5. The third-order valence-electron chi connectivity index (χ3n) is 2.50. The number of hydrogen-bond acceptors (Lipinski definition) is 2. The molecule has 0 saturated heterocycles. The van der Waals surface area contributed by atoms with Crippen LogP contribution in [0.25, 0.3) is 10.8 Å². The number of amides is 1. The van der Waals surface area contributed by atoms with E-state index in [2.05, 4.69) is 23.0 Å². The molecule has 3 nitrogen and oxygen atoms in total. The van der Waals surface area contributed by atoms with Crippen LogP contribution in [0, 0.1) is 0 Å². The lowest BCUT2D eigenvalue weighted by atomic mass is 10.0. The Kier molecular flexibility index (Phi) is 3.17. The summed E-state index contributed by atoms with van der Waals surface area (Å²) in [4.78, 5) is 11.5. The molecule has 1 amide bonds. The second-order valence-electron chi connectivity index (χ2n) is 3.61. The maximum Gasteiger partial charge on any atom is 0.238 e. The van der Waals surface area contributed by atoms with Gasteiger partial charge in [0.2, 0.25) is 5.91 Å². The van der Waals surface area contributed by atoms with Crippen molar-refractivity contribution in [1.29, 1.82) is 0 Å². The van der Waals surface area contributed by atoms with Gasteiger partial charge in [-0.25, -0.2) is 5.43 Å². The van der Waals surface area contributed by atoms with Crippen molar-refractivity contribution in [1.82, 2.24) is 10.9 Å². The predicted octanol–water partition coefficient (Wildman–Crippen LogP) is 1.63. The molecule has 0 fully saturated rings. The Labute approximate surface area is 94.4 Å². The molecule has 0 bridgehead atoms. The third-order valence-corrected chi connectivity index (χ3v) is 2.50. The second kappa shape index (κ2) is 4.77. The zero-order valence-electron chi connectivity index (χ0n) is 9.16. The van der Waals surface area contributed by atoms with Crippen LogP contribution in [0.2, 0.25) is 0 Å². The summed E-state index contributed by atoms with van der Waals surface area (Å²) in [6.07, 6.45) is 0.391. The van der Waals surface area contributed by atoms with Crippen molar-refractivity contribution >= 4 is 16.7 Å². The minimum Gasteiger partial charge on any atom is -0.292 e. The Morgan fingerprint density at radius 1 is 1.12 bits per heavy atom. The molecule has 2 N–H and O–H groups in total. The van der Waals surface area contributed by atoms with Crippen molar-refractivity contribution in [3.05, 3.63) is 48.0 Å². The largest absolute Gasteiger partial charge is 0.292 e. The van der Waals surface area contributed by atoms with Crippen LogP contribution < -0.4 is 10.9 Å². The van der Waals surface area contributed by atoms with E-state index >= 15 is 0 Å². The van der Waals surface area contributed by atoms with E-state index in [4.69, 9.17) is 0 Å². The van der Waals surface area contributed by atoms with E-state index in [1.165, 1.54) is 0 Å². The molecule has 0 heterocycles. The molecule has 82 valence electrons. The molecule has 0 atom stereocenters. The number of rotatable bonds is 3. The van der Waals surface area contributed by atoms with Crippen LogP contribution in [0.4, 0.5) is 0 Å². The molecular weight excluding hydrogens is 200 g/mol. The normalized spacial score (nSPS) is 10.3. The summed E-state index contributed by atoms with van der Waals surface area (Å²) < 4.78 is 0. The highest BCUT2D eigenvalue weighted by Gasteiger charge is 2.05. The van der Waals surface area contributed by atoms with Crippen LogP contribution >= 0.6 is 0 Å². The summed E-state index contributed by atoms with van der Waals surface area (Å²) in [7, 11) is 1.68. The number of carbonyl (C=O) groups is 1. The average molecular weight is 214 g/mol. The Balaban J connectivity index is 2.33. The van der Waals surface area contributed by atoms with Crippen LogP contribution in [-0.4, -0.2) is 13.0 Å². The smallest absolute Gasteiger partial charge is 0.238 e. The van der Waals surface area contributed by atoms with Crippen molar-refractivity contribution in [3.8, 4) is 0 Å². The first-order valence-electron chi connectivity index (χ1n) is 5.23. The number of fused-ring (bicyclic) bond motifs is 1. The summed E-state index contributed by atoms with van der Waals surface area (Å²) in [5.74, 6) is -0.0288. The summed E-state index contributed by atoms with van der Waals surface area (Å²) in [6.45, 7) is 0. The lowest BCUT2D eigenvalue weighted by Crippen LogP contribution is -2.35. The molecule has 0 unspecified atom stereocenters. The maximum absolute atomic E-state index is 11.5. The first-order valence-corrected chi connectivity index (χ1v) is 5.23. The molecule has 0 spiro atoms. The Morgan fingerprint density at radius 2 is 1.88 bits per heavy atom. The lowest BCUT2D eigenvalue weighted by Gasteiger charge is -2.06. The molecule has 3 heteroatoms. The van der Waals surface area contributed by atoms with Crippen LogP contribution in [0.3, 0.4) is 0 Å². The molecule has 0 aliphatic heterocycles. The molecule has 16 heavy (non-hydrogen) atoms. The van der Waals surface area contributed by atoms with Gasteiger partial charge in [-0.1, -0.05) is 42.5 Å². The van der Waals surface area contributed by atoms with Crippen LogP contribution in [0.1, 0.15) is 5.56 Å². The van der Waals surface area contributed by atoms with Gasteiger partial charge >= 0.3 is 0 Å². The minimum absolute atomic E-state index is 0.0288. The zero-order chi connectivity index (χ0) is 11.4. The van der Waals surface area contributed by atoms with Crippen LogP contribution in [0.15, 0.2) is 42.5 Å². The Hall–Kier alpha value is -1.87. The van der Waals surface area contributed by atoms with Crippen molar-refractivity contribution in [2.24, 2.45) is 0 Å². The number of hydrogen-bond donors (Lipinski definition) is 2. The Morgan fingerprint density at radius 3 is 2.69 bits per heavy atom. The molecule has 0 saturated carbocycles. The van der Waals surface area contributed by atoms with Crippen LogP contribution in [-0.2, 0) is 11.2 Å². The first-order chi connectivity index (χ1) is 7.81. The van der Waals surface area contributed by atoms with E-state index in [0.717, 1.165) is 16.3 Å². The van der Waals surface area contributed by atoms with Crippen molar-refractivity contribution in [2.45, 2.75) is 6.42 Å². The van der Waals surface area contributed by atoms with Gasteiger partial charge in [-0.15, -0.1) is 0 Å². The number of hydrazine groups is 1. The van der Waals surface area contributed by atoms with Gasteiger partial charge in [0.25, 0.3) is 0 Å². The van der Waals surface area contributed by atoms with Gasteiger partial charge in [0, 0.05) is 7.05 Å². The highest BCUT2D eigenvalue weighted by Crippen LogP contribution is 2.18. The van der Waals surface area contributed by atoms with E-state index in [-0.39, 0.29) is 5.91 Å². The fourth-order valence-corrected chi connectivity index (χ4v) is 1.80. The van der Waals surface area contributed by atoms with E-state index in [1.54, 1.807) is 7.05 Å². The van der Waals surface area contributed by atoms with Crippen LogP contribution in [0.5, 0.6) is 0 Å². The molecule has 2 aromatic rings. The van der Waals surface area contributed by atoms with Gasteiger partial charge in [-0.2, -0.15) is 0 Å². The second-order valence-corrected chi connectivity index (χ2v) is 3.61. The van der Waals surface area contributed by atoms with Crippen molar-refractivity contribution in [3.63, 3.8) is 0 Å². The van der Waals surface area contributed by atoms with Gasteiger partial charge in [0.1, 0.15) is 0 Å². The molecule has 2 aromatic carbocycles. The molecule has 0 radical (unpaired) electrons. The van der Waals surface area contributed by atoms with Gasteiger partial charge < -0.3 is 0 Å². The number of nitrogens with one attached hydrogen (secondary N) is 2. The lowest BCUT2D eigenvalue weighted by molar-refractivity contribution is -0.121. The first kappa shape index (κ1) is 10.6. The standard InChI is InChI=1S/C13H14N2O/c1-14-15-13(16)9-11-7-4-6-10-5-2-3-8-12(10)11/h2-8,14H,9H2,1H3,(H,15,16). The monoisotopic (exact) mass is 214 g/mol. The van der Waals surface area contributed by atoms with E-state index in [1.807, 2.05) is 30.3 Å². The van der Waals surface area contributed by atoms with Gasteiger partial charge in [0.15, 0.2) is 0 Å². The Bertz CT molecular complexity index is 503. The summed E-state index contributed by atoms with van der Waals surface area (Å²) in [6, 6.07) is 14.1. The zero-order valence-corrected chi connectivity index (χ0v) is 9.16. The van der Waals surface area contributed by atoms with Crippen molar-refractivity contribution < 1.29 is 4.79 Å². The minimum atomic E-state index is -0.0288. The molecule has 0 aliphatic carbocycles. The van der Waals surface area contributed by atoms with Gasteiger partial charge in [-0.05, 0) is 16.3 Å².